The van der Waals surface area contributed by atoms with Crippen molar-refractivity contribution in [3.8, 4) is 0 Å². The van der Waals surface area contributed by atoms with Crippen molar-refractivity contribution in [3.63, 3.8) is 0 Å². The minimum absolute atomic E-state index is 0.0479. The molecule has 0 amide bonds. The van der Waals surface area contributed by atoms with Gasteiger partial charge in [-0.3, -0.25) is 9.48 Å². The quantitative estimate of drug-likeness (QED) is 0.785. The summed E-state index contributed by atoms with van der Waals surface area (Å²) in [5, 5.41) is 4.41. The van der Waals surface area contributed by atoms with E-state index in [0.29, 0.717) is 6.42 Å². The van der Waals surface area contributed by atoms with Crippen LogP contribution in [0.3, 0.4) is 0 Å². The maximum Gasteiger partial charge on any atom is 0.309 e. The number of rotatable bonds is 5. The highest BCUT2D eigenvalue weighted by Crippen LogP contribution is 2.25. The summed E-state index contributed by atoms with van der Waals surface area (Å²) in [5.41, 5.74) is 3.26. The average Bonchev–Trinajstić information content (AvgIpc) is 2.74. The van der Waals surface area contributed by atoms with Gasteiger partial charge < -0.3 is 9.47 Å². The molecular weight excluding hydrogens is 280 g/mol. The summed E-state index contributed by atoms with van der Waals surface area (Å²) in [6.45, 7) is 5.96. The van der Waals surface area contributed by atoms with Gasteiger partial charge in [0.15, 0.2) is 0 Å². The molecule has 0 aromatic carbocycles. The maximum atomic E-state index is 12.4. The first kappa shape index (κ1) is 17.0. The van der Waals surface area contributed by atoms with Crippen LogP contribution in [0.25, 0.3) is 0 Å². The van der Waals surface area contributed by atoms with Gasteiger partial charge in [0.1, 0.15) is 6.10 Å². The lowest BCUT2D eigenvalue weighted by Crippen LogP contribution is -2.37. The molecule has 0 saturated heterocycles. The molecule has 0 spiro atoms. The monoisotopic (exact) mass is 308 g/mol. The third-order valence-corrected chi connectivity index (χ3v) is 4.78. The third-order valence-electron chi connectivity index (χ3n) is 4.78. The number of aryl methyl sites for hydroxylation is 2. The van der Waals surface area contributed by atoms with Gasteiger partial charge in [-0.15, -0.1) is 0 Å². The Morgan fingerprint density at radius 2 is 1.95 bits per heavy atom. The number of esters is 1. The van der Waals surface area contributed by atoms with Crippen LogP contribution in [0.4, 0.5) is 0 Å². The van der Waals surface area contributed by atoms with E-state index in [1.807, 2.05) is 32.5 Å². The van der Waals surface area contributed by atoms with Crippen LogP contribution >= 0.6 is 0 Å². The molecule has 1 aliphatic rings. The van der Waals surface area contributed by atoms with E-state index >= 15 is 0 Å². The van der Waals surface area contributed by atoms with Crippen molar-refractivity contribution >= 4 is 5.97 Å². The highest BCUT2D eigenvalue weighted by atomic mass is 16.6. The zero-order valence-electron chi connectivity index (χ0n) is 14.4. The molecular formula is C17H28N2O3. The SMILES string of the molecule is CO[C@@H]1CCCC[C@H]1OC(=O)[C@H](C)Cc1c(C)nn(C)c1C. The van der Waals surface area contributed by atoms with Gasteiger partial charge in [-0.2, -0.15) is 5.10 Å². The predicted octanol–water partition coefficient (Wildman–Crippen LogP) is 2.72. The highest BCUT2D eigenvalue weighted by Gasteiger charge is 2.30. The number of carbonyl (C=O) groups is 1. The van der Waals surface area contributed by atoms with Crippen LogP contribution in [-0.4, -0.2) is 35.1 Å². The maximum absolute atomic E-state index is 12.4. The second-order valence-corrected chi connectivity index (χ2v) is 6.41. The van der Waals surface area contributed by atoms with Crippen molar-refractivity contribution in [1.29, 1.82) is 0 Å². The number of aromatic nitrogens is 2. The molecule has 22 heavy (non-hydrogen) atoms. The van der Waals surface area contributed by atoms with E-state index in [-0.39, 0.29) is 24.1 Å². The zero-order chi connectivity index (χ0) is 16.3. The summed E-state index contributed by atoms with van der Waals surface area (Å²) >= 11 is 0. The van der Waals surface area contributed by atoms with Crippen LogP contribution in [0.5, 0.6) is 0 Å². The second kappa shape index (κ2) is 7.27. The van der Waals surface area contributed by atoms with Gasteiger partial charge in [0.25, 0.3) is 0 Å². The highest BCUT2D eigenvalue weighted by molar-refractivity contribution is 5.72. The Morgan fingerprint density at radius 3 is 2.50 bits per heavy atom. The molecule has 5 heteroatoms. The molecule has 3 atom stereocenters. The van der Waals surface area contributed by atoms with Crippen LogP contribution < -0.4 is 0 Å². The normalized spacial score (nSPS) is 23.3. The Bertz CT molecular complexity index is 524. The zero-order valence-corrected chi connectivity index (χ0v) is 14.4. The van der Waals surface area contributed by atoms with Crippen molar-refractivity contribution in [2.45, 2.75) is 65.1 Å². The fourth-order valence-electron chi connectivity index (χ4n) is 3.24. The number of carbonyl (C=O) groups excluding carboxylic acids is 1. The molecule has 1 aromatic rings. The molecule has 0 aliphatic heterocycles. The molecule has 2 rings (SSSR count). The summed E-state index contributed by atoms with van der Waals surface area (Å²) in [4.78, 5) is 12.4. The molecule has 0 bridgehead atoms. The van der Waals surface area contributed by atoms with Crippen LogP contribution in [-0.2, 0) is 27.7 Å². The van der Waals surface area contributed by atoms with Gasteiger partial charge in [0.05, 0.1) is 17.7 Å². The van der Waals surface area contributed by atoms with Crippen molar-refractivity contribution in [3.05, 3.63) is 17.0 Å². The summed E-state index contributed by atoms with van der Waals surface area (Å²) in [5.74, 6) is -0.294. The van der Waals surface area contributed by atoms with E-state index in [0.717, 1.165) is 42.6 Å². The Balaban J connectivity index is 1.97. The van der Waals surface area contributed by atoms with E-state index in [9.17, 15) is 4.79 Å². The fraction of sp³-hybridized carbons (Fsp3) is 0.765. The lowest BCUT2D eigenvalue weighted by atomic mass is 9.94. The third kappa shape index (κ3) is 3.69. The first-order valence-electron chi connectivity index (χ1n) is 8.16. The molecule has 1 saturated carbocycles. The minimum Gasteiger partial charge on any atom is -0.459 e. The summed E-state index contributed by atoms with van der Waals surface area (Å²) in [6.07, 6.45) is 4.76. The van der Waals surface area contributed by atoms with Gasteiger partial charge in [-0.25, -0.2) is 0 Å². The van der Waals surface area contributed by atoms with Crippen LogP contribution in [0.2, 0.25) is 0 Å². The number of hydrogen-bond donors (Lipinski definition) is 0. The lowest BCUT2D eigenvalue weighted by Gasteiger charge is -2.30. The van der Waals surface area contributed by atoms with E-state index in [1.54, 1.807) is 7.11 Å². The van der Waals surface area contributed by atoms with Gasteiger partial charge in [-0.1, -0.05) is 13.3 Å². The molecule has 124 valence electrons. The van der Waals surface area contributed by atoms with Crippen molar-refractivity contribution < 1.29 is 14.3 Å². The number of hydrogen-bond acceptors (Lipinski definition) is 4. The van der Waals surface area contributed by atoms with Gasteiger partial charge in [0.2, 0.25) is 0 Å². The number of nitrogens with zero attached hydrogens (tertiary/aromatic N) is 2. The number of methoxy groups -OCH3 is 1. The summed E-state index contributed by atoms with van der Waals surface area (Å²) < 4.78 is 13.0. The summed E-state index contributed by atoms with van der Waals surface area (Å²) in [7, 11) is 3.63. The smallest absolute Gasteiger partial charge is 0.309 e. The van der Waals surface area contributed by atoms with Gasteiger partial charge in [-0.05, 0) is 45.1 Å². The lowest BCUT2D eigenvalue weighted by molar-refractivity contribution is -0.163. The Morgan fingerprint density at radius 1 is 1.32 bits per heavy atom. The topological polar surface area (TPSA) is 53.4 Å². The molecule has 5 nitrogen and oxygen atoms in total. The molecule has 0 unspecified atom stereocenters. The van der Waals surface area contributed by atoms with E-state index in [4.69, 9.17) is 9.47 Å². The first-order valence-corrected chi connectivity index (χ1v) is 8.16. The Kier molecular flexibility index (Phi) is 5.62. The summed E-state index contributed by atoms with van der Waals surface area (Å²) in [6, 6.07) is 0. The standard InChI is InChI=1S/C17H28N2O3/c1-11(10-14-12(2)18-19(4)13(14)3)17(20)22-16-9-7-6-8-15(16)21-5/h11,15-16H,6-10H2,1-5H3/t11-,15-,16-/m1/s1. The largest absolute Gasteiger partial charge is 0.459 e. The van der Waals surface area contributed by atoms with Crippen LogP contribution in [0.15, 0.2) is 0 Å². The predicted molar refractivity (Wildman–Crippen MR) is 84.7 cm³/mol. The van der Waals surface area contributed by atoms with Gasteiger partial charge in [0, 0.05) is 19.9 Å². The number of ether oxygens (including phenoxy) is 2. The van der Waals surface area contributed by atoms with Crippen LogP contribution in [0, 0.1) is 19.8 Å². The average molecular weight is 308 g/mol. The second-order valence-electron chi connectivity index (χ2n) is 6.41. The van der Waals surface area contributed by atoms with E-state index < -0.39 is 0 Å². The molecule has 0 N–H and O–H groups in total. The first-order chi connectivity index (χ1) is 10.4. The molecule has 1 heterocycles. The van der Waals surface area contributed by atoms with Crippen molar-refractivity contribution in [1.82, 2.24) is 9.78 Å². The minimum atomic E-state index is -0.166. The van der Waals surface area contributed by atoms with E-state index in [1.165, 1.54) is 0 Å². The molecule has 1 aliphatic carbocycles. The Hall–Kier alpha value is -1.36. The van der Waals surface area contributed by atoms with E-state index in [2.05, 4.69) is 5.10 Å². The van der Waals surface area contributed by atoms with Crippen molar-refractivity contribution in [2.24, 2.45) is 13.0 Å². The molecule has 1 fully saturated rings. The van der Waals surface area contributed by atoms with Gasteiger partial charge >= 0.3 is 5.97 Å². The van der Waals surface area contributed by atoms with Crippen LogP contribution in [0.1, 0.15) is 49.6 Å². The van der Waals surface area contributed by atoms with Crippen molar-refractivity contribution in [2.75, 3.05) is 7.11 Å². The fourth-order valence-corrected chi connectivity index (χ4v) is 3.24. The molecule has 0 radical (unpaired) electrons. The molecule has 1 aromatic heterocycles. The Labute approximate surface area is 133 Å².